The number of esters is 1. The summed E-state index contributed by atoms with van der Waals surface area (Å²) in [7, 11) is 0. The number of hydrogen-bond donors (Lipinski definition) is 0. The maximum absolute atomic E-state index is 11.1. The molecular formula is C13H18O2S2. The van der Waals surface area contributed by atoms with E-state index < -0.39 is 0 Å². The number of rotatable bonds is 1. The summed E-state index contributed by atoms with van der Waals surface area (Å²) in [6, 6.07) is 0. The van der Waals surface area contributed by atoms with Gasteiger partial charge in [0.05, 0.1) is 4.08 Å². The van der Waals surface area contributed by atoms with E-state index in [0.29, 0.717) is 10.00 Å². The lowest BCUT2D eigenvalue weighted by atomic mass is 9.84. The average molecular weight is 270 g/mol. The minimum absolute atomic E-state index is 0.0581. The Morgan fingerprint density at radius 2 is 2.12 bits per heavy atom. The lowest BCUT2D eigenvalue weighted by Crippen LogP contribution is -2.36. The van der Waals surface area contributed by atoms with Crippen LogP contribution in [-0.2, 0) is 9.53 Å². The molecule has 17 heavy (non-hydrogen) atoms. The first-order chi connectivity index (χ1) is 8.27. The highest BCUT2D eigenvalue weighted by molar-refractivity contribution is 8.18. The summed E-state index contributed by atoms with van der Waals surface area (Å²) >= 11 is 4.30. The van der Waals surface area contributed by atoms with Crippen molar-refractivity contribution in [1.29, 1.82) is 0 Å². The molecule has 3 rings (SSSR count). The van der Waals surface area contributed by atoms with Crippen LogP contribution >= 0.6 is 23.5 Å². The summed E-state index contributed by atoms with van der Waals surface area (Å²) in [6.45, 7) is 0. The molecule has 2 nitrogen and oxygen atoms in total. The van der Waals surface area contributed by atoms with Gasteiger partial charge >= 0.3 is 5.97 Å². The van der Waals surface area contributed by atoms with Gasteiger partial charge < -0.3 is 4.74 Å². The monoisotopic (exact) mass is 270 g/mol. The van der Waals surface area contributed by atoms with Crippen molar-refractivity contribution in [1.82, 2.24) is 0 Å². The molecule has 2 heterocycles. The molecule has 0 bridgehead atoms. The van der Waals surface area contributed by atoms with Crippen molar-refractivity contribution in [3.8, 4) is 0 Å². The van der Waals surface area contributed by atoms with Crippen molar-refractivity contribution < 1.29 is 9.53 Å². The Bertz CT molecular complexity index is 329. The molecule has 1 saturated carbocycles. The molecule has 0 radical (unpaired) electrons. The van der Waals surface area contributed by atoms with Crippen LogP contribution in [0.3, 0.4) is 0 Å². The third kappa shape index (κ3) is 2.53. The maximum Gasteiger partial charge on any atom is 0.331 e. The number of carbonyl (C=O) groups is 1. The van der Waals surface area contributed by atoms with E-state index in [1.165, 1.54) is 43.6 Å². The zero-order valence-electron chi connectivity index (χ0n) is 9.89. The fourth-order valence-corrected chi connectivity index (χ4v) is 6.61. The summed E-state index contributed by atoms with van der Waals surface area (Å²) < 4.78 is 5.80. The zero-order chi connectivity index (χ0) is 11.7. The van der Waals surface area contributed by atoms with Crippen molar-refractivity contribution in [2.45, 2.75) is 42.3 Å². The van der Waals surface area contributed by atoms with Crippen molar-refractivity contribution in [2.75, 3.05) is 11.5 Å². The highest BCUT2D eigenvalue weighted by atomic mass is 32.2. The number of hydrogen-bond acceptors (Lipinski definition) is 4. The molecule has 2 aliphatic heterocycles. The summed E-state index contributed by atoms with van der Waals surface area (Å²) in [5, 5.41) is 0. The van der Waals surface area contributed by atoms with E-state index in [4.69, 9.17) is 4.74 Å². The van der Waals surface area contributed by atoms with Crippen molar-refractivity contribution >= 4 is 29.5 Å². The van der Waals surface area contributed by atoms with Gasteiger partial charge in [-0.2, -0.15) is 0 Å². The van der Waals surface area contributed by atoms with Crippen LogP contribution in [0.2, 0.25) is 0 Å². The van der Waals surface area contributed by atoms with Crippen LogP contribution in [0, 0.1) is 5.92 Å². The highest BCUT2D eigenvalue weighted by Gasteiger charge is 2.42. The molecule has 0 aromatic rings. The number of cyclic esters (lactones) is 1. The van der Waals surface area contributed by atoms with Gasteiger partial charge in [0.2, 0.25) is 0 Å². The molecule has 0 amide bonds. The fourth-order valence-electron chi connectivity index (χ4n) is 3.04. The lowest BCUT2D eigenvalue weighted by molar-refractivity contribution is -0.140. The Balaban J connectivity index is 1.67. The second-order valence-electron chi connectivity index (χ2n) is 5.08. The van der Waals surface area contributed by atoms with Crippen molar-refractivity contribution in [3.05, 3.63) is 12.2 Å². The molecule has 0 aromatic heterocycles. The normalized spacial score (nSPS) is 36.1. The molecule has 3 aliphatic rings. The van der Waals surface area contributed by atoms with Crippen molar-refractivity contribution in [3.63, 3.8) is 0 Å². The number of thioether (sulfide) groups is 2. The molecular weight excluding hydrogens is 252 g/mol. The molecule has 4 heteroatoms. The van der Waals surface area contributed by atoms with Crippen LogP contribution in [0.15, 0.2) is 12.2 Å². The van der Waals surface area contributed by atoms with Crippen LogP contribution in [-0.4, -0.2) is 27.7 Å². The largest absolute Gasteiger partial charge is 0.455 e. The topological polar surface area (TPSA) is 26.3 Å². The smallest absolute Gasteiger partial charge is 0.331 e. The third-order valence-corrected chi connectivity index (χ3v) is 7.35. The van der Waals surface area contributed by atoms with Gasteiger partial charge in [0.15, 0.2) is 0 Å². The molecule has 2 atom stereocenters. The predicted molar refractivity (Wildman–Crippen MR) is 73.2 cm³/mol. The molecule has 0 unspecified atom stereocenters. The summed E-state index contributed by atoms with van der Waals surface area (Å²) in [4.78, 5) is 11.1. The lowest BCUT2D eigenvalue weighted by Gasteiger charge is -2.43. The SMILES string of the molecule is O=C1C=C[C@@H]([C@@H]2CCCC3(C2)SCCCS3)O1. The van der Waals surface area contributed by atoms with Gasteiger partial charge in [-0.25, -0.2) is 4.79 Å². The second kappa shape index (κ2) is 4.88. The Hall–Kier alpha value is -0.0900. The van der Waals surface area contributed by atoms with Gasteiger partial charge in [0.25, 0.3) is 0 Å². The fraction of sp³-hybridized carbons (Fsp3) is 0.769. The Morgan fingerprint density at radius 3 is 2.82 bits per heavy atom. The molecule has 1 spiro atoms. The Labute approximate surface area is 111 Å². The van der Waals surface area contributed by atoms with Crippen LogP contribution < -0.4 is 0 Å². The predicted octanol–water partition coefficient (Wildman–Crippen LogP) is 3.22. The van der Waals surface area contributed by atoms with Gasteiger partial charge in [-0.05, 0) is 43.3 Å². The molecule has 1 saturated heterocycles. The first kappa shape index (κ1) is 12.0. The van der Waals surface area contributed by atoms with Gasteiger partial charge in [-0.1, -0.05) is 6.42 Å². The van der Waals surface area contributed by atoms with E-state index in [-0.39, 0.29) is 12.1 Å². The van der Waals surface area contributed by atoms with Gasteiger partial charge in [-0.15, -0.1) is 23.5 Å². The van der Waals surface area contributed by atoms with E-state index in [0.717, 1.165) is 0 Å². The molecule has 1 aliphatic carbocycles. The Kier molecular flexibility index (Phi) is 3.44. The van der Waals surface area contributed by atoms with E-state index in [9.17, 15) is 4.79 Å². The van der Waals surface area contributed by atoms with Crippen LogP contribution in [0.5, 0.6) is 0 Å². The highest BCUT2D eigenvalue weighted by Crippen LogP contribution is 2.53. The van der Waals surface area contributed by atoms with Crippen LogP contribution in [0.4, 0.5) is 0 Å². The van der Waals surface area contributed by atoms with E-state index in [1.54, 1.807) is 6.08 Å². The van der Waals surface area contributed by atoms with Crippen molar-refractivity contribution in [2.24, 2.45) is 5.92 Å². The minimum atomic E-state index is -0.154. The summed E-state index contributed by atoms with van der Waals surface area (Å²) in [5.41, 5.74) is 0. The number of ether oxygens (including phenoxy) is 1. The molecule has 0 aromatic carbocycles. The number of carbonyl (C=O) groups excluding carboxylic acids is 1. The van der Waals surface area contributed by atoms with Gasteiger partial charge in [-0.3, -0.25) is 0 Å². The Morgan fingerprint density at radius 1 is 1.29 bits per heavy atom. The summed E-state index contributed by atoms with van der Waals surface area (Å²) in [5.74, 6) is 3.00. The van der Waals surface area contributed by atoms with Gasteiger partial charge in [0, 0.05) is 12.0 Å². The van der Waals surface area contributed by atoms with Crippen LogP contribution in [0.25, 0.3) is 0 Å². The quantitative estimate of drug-likeness (QED) is 0.683. The van der Waals surface area contributed by atoms with E-state index in [1.807, 2.05) is 6.08 Å². The minimum Gasteiger partial charge on any atom is -0.455 e. The van der Waals surface area contributed by atoms with Crippen LogP contribution in [0.1, 0.15) is 32.1 Å². The van der Waals surface area contributed by atoms with E-state index >= 15 is 0 Å². The second-order valence-corrected chi connectivity index (χ2v) is 8.29. The standard InChI is InChI=1S/C13H18O2S2/c14-12-5-4-11(15-12)10-3-1-6-13(9-10)16-7-2-8-17-13/h4-5,10-11H,1-3,6-9H2/t10-,11+/m1/s1. The zero-order valence-corrected chi connectivity index (χ0v) is 11.5. The first-order valence-electron chi connectivity index (χ1n) is 6.44. The molecule has 2 fully saturated rings. The summed E-state index contributed by atoms with van der Waals surface area (Å²) in [6.07, 6.45) is 10.0. The first-order valence-corrected chi connectivity index (χ1v) is 8.41. The van der Waals surface area contributed by atoms with Gasteiger partial charge in [0.1, 0.15) is 6.10 Å². The van der Waals surface area contributed by atoms with E-state index in [2.05, 4.69) is 23.5 Å². The molecule has 94 valence electrons. The third-order valence-electron chi connectivity index (χ3n) is 3.86. The average Bonchev–Trinajstić information content (AvgIpc) is 2.77. The maximum atomic E-state index is 11.1. The molecule has 0 N–H and O–H groups in total.